The van der Waals surface area contributed by atoms with Gasteiger partial charge in [-0.3, -0.25) is 4.79 Å². The number of nitrogens with one attached hydrogen (secondary N) is 2. The van der Waals surface area contributed by atoms with Crippen molar-refractivity contribution in [3.05, 3.63) is 28.0 Å². The van der Waals surface area contributed by atoms with Crippen molar-refractivity contribution in [2.75, 3.05) is 18.9 Å². The zero-order valence-electron chi connectivity index (χ0n) is 9.23. The zero-order valence-corrected chi connectivity index (χ0v) is 10.8. The van der Waals surface area contributed by atoms with Crippen molar-refractivity contribution in [2.45, 2.75) is 13.3 Å². The maximum atomic E-state index is 13.3. The SMILES string of the molecule is CNCCC(=O)Nc1cc(F)c(Br)cc1C. The molecule has 5 heteroatoms. The summed E-state index contributed by atoms with van der Waals surface area (Å²) in [7, 11) is 1.78. The average molecular weight is 289 g/mol. The second kappa shape index (κ2) is 5.96. The van der Waals surface area contributed by atoms with Crippen LogP contribution in [-0.2, 0) is 4.79 Å². The molecule has 0 heterocycles. The summed E-state index contributed by atoms with van der Waals surface area (Å²) in [6.07, 6.45) is 0.369. The van der Waals surface area contributed by atoms with E-state index in [1.807, 2.05) is 6.92 Å². The molecule has 88 valence electrons. The third kappa shape index (κ3) is 3.57. The molecule has 0 aliphatic rings. The molecule has 0 saturated heterocycles. The van der Waals surface area contributed by atoms with Crippen molar-refractivity contribution in [2.24, 2.45) is 0 Å². The molecule has 0 saturated carbocycles. The number of anilines is 1. The summed E-state index contributed by atoms with van der Waals surface area (Å²) in [6, 6.07) is 2.96. The Morgan fingerprint density at radius 2 is 2.19 bits per heavy atom. The first-order valence-corrected chi connectivity index (χ1v) is 5.74. The van der Waals surface area contributed by atoms with Crippen molar-refractivity contribution in [3.63, 3.8) is 0 Å². The third-order valence-electron chi connectivity index (χ3n) is 2.14. The summed E-state index contributed by atoms with van der Waals surface area (Å²) in [5, 5.41) is 5.55. The van der Waals surface area contributed by atoms with Crippen LogP contribution < -0.4 is 10.6 Å². The van der Waals surface area contributed by atoms with Gasteiger partial charge < -0.3 is 10.6 Å². The highest BCUT2D eigenvalue weighted by atomic mass is 79.9. The molecule has 1 aromatic carbocycles. The number of carbonyl (C=O) groups is 1. The number of hydrogen-bond donors (Lipinski definition) is 2. The molecule has 0 radical (unpaired) electrons. The Morgan fingerprint density at radius 1 is 1.50 bits per heavy atom. The molecule has 1 rings (SSSR count). The molecule has 0 fully saturated rings. The first-order valence-electron chi connectivity index (χ1n) is 4.94. The fourth-order valence-electron chi connectivity index (χ4n) is 1.23. The Balaban J connectivity index is 2.73. The Morgan fingerprint density at radius 3 is 2.81 bits per heavy atom. The van der Waals surface area contributed by atoms with Crippen LogP contribution in [0.1, 0.15) is 12.0 Å². The normalized spacial score (nSPS) is 10.2. The molecule has 0 aromatic heterocycles. The molecule has 0 unspecified atom stereocenters. The van der Waals surface area contributed by atoms with Crippen LogP contribution in [0.2, 0.25) is 0 Å². The average Bonchev–Trinajstić information content (AvgIpc) is 2.23. The van der Waals surface area contributed by atoms with Crippen LogP contribution in [0.3, 0.4) is 0 Å². The number of hydrogen-bond acceptors (Lipinski definition) is 2. The molecular weight excluding hydrogens is 275 g/mol. The lowest BCUT2D eigenvalue weighted by atomic mass is 10.2. The van der Waals surface area contributed by atoms with Crippen molar-refractivity contribution in [1.82, 2.24) is 5.32 Å². The summed E-state index contributed by atoms with van der Waals surface area (Å²) in [4.78, 5) is 11.4. The summed E-state index contributed by atoms with van der Waals surface area (Å²) < 4.78 is 13.7. The Hall–Kier alpha value is -0.940. The lowest BCUT2D eigenvalue weighted by Crippen LogP contribution is -2.19. The maximum absolute atomic E-state index is 13.3. The van der Waals surface area contributed by atoms with Crippen molar-refractivity contribution >= 4 is 27.5 Å². The van der Waals surface area contributed by atoms with Gasteiger partial charge in [0, 0.05) is 18.7 Å². The second-order valence-electron chi connectivity index (χ2n) is 3.48. The Bertz CT molecular complexity index is 396. The van der Waals surface area contributed by atoms with E-state index < -0.39 is 0 Å². The smallest absolute Gasteiger partial charge is 0.225 e. The van der Waals surface area contributed by atoms with Gasteiger partial charge in [-0.2, -0.15) is 0 Å². The number of amides is 1. The quantitative estimate of drug-likeness (QED) is 0.894. The molecule has 0 aliphatic carbocycles. The van der Waals surface area contributed by atoms with Crippen LogP contribution in [0, 0.1) is 12.7 Å². The molecule has 0 bridgehead atoms. The molecular formula is C11H14BrFN2O. The third-order valence-corrected chi connectivity index (χ3v) is 2.75. The monoisotopic (exact) mass is 288 g/mol. The second-order valence-corrected chi connectivity index (χ2v) is 4.34. The van der Waals surface area contributed by atoms with Gasteiger partial charge in [-0.15, -0.1) is 0 Å². The minimum atomic E-state index is -0.380. The standard InChI is InChI=1S/C11H14BrFN2O/c1-7-5-8(12)9(13)6-10(7)15-11(16)3-4-14-2/h5-6,14H,3-4H2,1-2H3,(H,15,16). The molecule has 1 amide bonds. The molecule has 16 heavy (non-hydrogen) atoms. The highest BCUT2D eigenvalue weighted by Gasteiger charge is 2.08. The van der Waals surface area contributed by atoms with Crippen LogP contribution in [-0.4, -0.2) is 19.5 Å². The van der Waals surface area contributed by atoms with Gasteiger partial charge in [0.2, 0.25) is 5.91 Å². The number of halogens is 2. The van der Waals surface area contributed by atoms with E-state index in [2.05, 4.69) is 26.6 Å². The van der Waals surface area contributed by atoms with Crippen molar-refractivity contribution < 1.29 is 9.18 Å². The predicted octanol–water partition coefficient (Wildman–Crippen LogP) is 2.44. The van der Waals surface area contributed by atoms with Crippen molar-refractivity contribution in [3.8, 4) is 0 Å². The lowest BCUT2D eigenvalue weighted by molar-refractivity contribution is -0.116. The van der Waals surface area contributed by atoms with Crippen molar-refractivity contribution in [1.29, 1.82) is 0 Å². The van der Waals surface area contributed by atoms with Gasteiger partial charge in [-0.05, 0) is 47.6 Å². The topological polar surface area (TPSA) is 41.1 Å². The van der Waals surface area contributed by atoms with Crippen LogP contribution in [0.5, 0.6) is 0 Å². The fourth-order valence-corrected chi connectivity index (χ4v) is 1.69. The van der Waals surface area contributed by atoms with E-state index in [4.69, 9.17) is 0 Å². The summed E-state index contributed by atoms with van der Waals surface area (Å²) in [6.45, 7) is 2.42. The lowest BCUT2D eigenvalue weighted by Gasteiger charge is -2.09. The number of benzene rings is 1. The minimum Gasteiger partial charge on any atom is -0.326 e. The number of carbonyl (C=O) groups excluding carboxylic acids is 1. The number of aryl methyl sites for hydroxylation is 1. The molecule has 3 nitrogen and oxygen atoms in total. The van der Waals surface area contributed by atoms with E-state index in [1.165, 1.54) is 6.07 Å². The molecule has 1 aromatic rings. The van der Waals surface area contributed by atoms with E-state index >= 15 is 0 Å². The largest absolute Gasteiger partial charge is 0.326 e. The predicted molar refractivity (Wildman–Crippen MR) is 66.0 cm³/mol. The number of rotatable bonds is 4. The van der Waals surface area contributed by atoms with Crippen LogP contribution >= 0.6 is 15.9 Å². The van der Waals surface area contributed by atoms with Gasteiger partial charge in [-0.25, -0.2) is 4.39 Å². The van der Waals surface area contributed by atoms with Gasteiger partial charge >= 0.3 is 0 Å². The summed E-state index contributed by atoms with van der Waals surface area (Å²) >= 11 is 3.09. The highest BCUT2D eigenvalue weighted by molar-refractivity contribution is 9.10. The highest BCUT2D eigenvalue weighted by Crippen LogP contribution is 2.23. The Labute approximate surface area is 103 Å². The van der Waals surface area contributed by atoms with Gasteiger partial charge in [0.1, 0.15) is 5.82 Å². The summed E-state index contributed by atoms with van der Waals surface area (Å²) in [5.74, 6) is -0.506. The van der Waals surface area contributed by atoms with Gasteiger partial charge in [-0.1, -0.05) is 0 Å². The van der Waals surface area contributed by atoms with Crippen LogP contribution in [0.15, 0.2) is 16.6 Å². The van der Waals surface area contributed by atoms with Crippen LogP contribution in [0.4, 0.5) is 10.1 Å². The van der Waals surface area contributed by atoms with E-state index in [1.54, 1.807) is 13.1 Å². The van der Waals surface area contributed by atoms with Crippen LogP contribution in [0.25, 0.3) is 0 Å². The summed E-state index contributed by atoms with van der Waals surface area (Å²) in [5.41, 5.74) is 1.34. The Kier molecular flexibility index (Phi) is 4.89. The maximum Gasteiger partial charge on any atom is 0.225 e. The van der Waals surface area contributed by atoms with Gasteiger partial charge in [0.15, 0.2) is 0 Å². The van der Waals surface area contributed by atoms with E-state index in [9.17, 15) is 9.18 Å². The van der Waals surface area contributed by atoms with E-state index in [0.29, 0.717) is 23.1 Å². The first-order chi connectivity index (χ1) is 7.54. The molecule has 2 N–H and O–H groups in total. The van der Waals surface area contributed by atoms with Gasteiger partial charge in [0.05, 0.1) is 4.47 Å². The molecule has 0 spiro atoms. The fraction of sp³-hybridized carbons (Fsp3) is 0.364. The zero-order chi connectivity index (χ0) is 12.1. The van der Waals surface area contributed by atoms with E-state index in [-0.39, 0.29) is 11.7 Å². The minimum absolute atomic E-state index is 0.126. The molecule has 0 aliphatic heterocycles. The van der Waals surface area contributed by atoms with E-state index in [0.717, 1.165) is 5.56 Å². The first kappa shape index (κ1) is 13.1. The van der Waals surface area contributed by atoms with Gasteiger partial charge in [0.25, 0.3) is 0 Å². The molecule has 0 atom stereocenters.